The lowest BCUT2D eigenvalue weighted by Crippen LogP contribution is -1.88. The van der Waals surface area contributed by atoms with Crippen LogP contribution >= 0.6 is 27.5 Å². The molecular weight excluding hydrogens is 235 g/mol. The summed E-state index contributed by atoms with van der Waals surface area (Å²) >= 11 is 8.43. The Morgan fingerprint density at radius 2 is 2.27 bits per heavy atom. The Labute approximate surface area is 75.5 Å². The van der Waals surface area contributed by atoms with Crippen molar-refractivity contribution in [1.29, 1.82) is 0 Å². The first-order valence-electron chi connectivity index (χ1n) is 2.57. The zero-order chi connectivity index (χ0) is 8.43. The van der Waals surface area contributed by atoms with Gasteiger partial charge in [-0.15, -0.1) is 0 Å². The van der Waals surface area contributed by atoms with Crippen LogP contribution in [0.1, 0.15) is 0 Å². The van der Waals surface area contributed by atoms with Crippen molar-refractivity contribution in [3.8, 4) is 0 Å². The van der Waals surface area contributed by atoms with Crippen molar-refractivity contribution >= 4 is 33.2 Å². The summed E-state index contributed by atoms with van der Waals surface area (Å²) in [7, 11) is 0. The molecule has 0 radical (unpaired) electrons. The van der Waals surface area contributed by atoms with Crippen molar-refractivity contribution in [3.05, 3.63) is 32.0 Å². The summed E-state index contributed by atoms with van der Waals surface area (Å²) in [6.45, 7) is 0. The molecule has 0 amide bonds. The molecule has 0 saturated carbocycles. The van der Waals surface area contributed by atoms with E-state index in [9.17, 15) is 10.1 Å². The molecule has 6 heteroatoms. The Morgan fingerprint density at radius 3 is 2.73 bits per heavy atom. The molecular formula is C5H2BrClN2O2. The molecule has 0 bridgehead atoms. The number of nitro groups is 1. The summed E-state index contributed by atoms with van der Waals surface area (Å²) in [5, 5.41) is 10.3. The van der Waals surface area contributed by atoms with Gasteiger partial charge in [-0.05, 0) is 15.9 Å². The maximum Gasteiger partial charge on any atom is 0.275 e. The van der Waals surface area contributed by atoms with E-state index in [4.69, 9.17) is 11.6 Å². The third-order valence-corrected chi connectivity index (χ3v) is 1.56. The minimum absolute atomic E-state index is 0.0723. The third kappa shape index (κ3) is 2.13. The molecule has 0 fully saturated rings. The number of rotatable bonds is 1. The number of hydrogen-bond donors (Lipinski definition) is 0. The predicted octanol–water partition coefficient (Wildman–Crippen LogP) is 2.41. The number of aromatic nitrogens is 1. The number of pyridine rings is 1. The molecule has 1 heterocycles. The van der Waals surface area contributed by atoms with E-state index < -0.39 is 4.92 Å². The minimum Gasteiger partial charge on any atom is -0.258 e. The van der Waals surface area contributed by atoms with Gasteiger partial charge >= 0.3 is 0 Å². The summed E-state index contributed by atoms with van der Waals surface area (Å²) < 4.78 is 0.358. The molecule has 1 rings (SSSR count). The Morgan fingerprint density at radius 1 is 1.64 bits per heavy atom. The SMILES string of the molecule is O=[N+]([O-])c1cc(Cl)nc(Br)c1. The Balaban J connectivity index is 3.19. The molecule has 0 aliphatic rings. The molecule has 4 nitrogen and oxygen atoms in total. The van der Waals surface area contributed by atoms with E-state index in [0.717, 1.165) is 0 Å². The highest BCUT2D eigenvalue weighted by Gasteiger charge is 2.07. The first kappa shape index (κ1) is 8.42. The lowest BCUT2D eigenvalue weighted by Gasteiger charge is -1.92. The highest BCUT2D eigenvalue weighted by molar-refractivity contribution is 9.10. The highest BCUT2D eigenvalue weighted by atomic mass is 79.9. The van der Waals surface area contributed by atoms with Gasteiger partial charge in [-0.2, -0.15) is 0 Å². The van der Waals surface area contributed by atoms with Crippen LogP contribution in [-0.2, 0) is 0 Å². The lowest BCUT2D eigenvalue weighted by atomic mass is 10.4. The Hall–Kier alpha value is -0.680. The van der Waals surface area contributed by atoms with E-state index >= 15 is 0 Å². The predicted molar refractivity (Wildman–Crippen MR) is 43.6 cm³/mol. The van der Waals surface area contributed by atoms with E-state index in [-0.39, 0.29) is 10.8 Å². The van der Waals surface area contributed by atoms with Gasteiger partial charge < -0.3 is 0 Å². The third-order valence-electron chi connectivity index (χ3n) is 0.958. The fourth-order valence-electron chi connectivity index (χ4n) is 0.558. The van der Waals surface area contributed by atoms with Crippen LogP contribution in [0.5, 0.6) is 0 Å². The van der Waals surface area contributed by atoms with Gasteiger partial charge in [-0.1, -0.05) is 11.6 Å². The molecule has 0 aromatic carbocycles. The molecule has 0 saturated heterocycles. The van der Waals surface area contributed by atoms with Gasteiger partial charge in [0, 0.05) is 6.07 Å². The van der Waals surface area contributed by atoms with Gasteiger partial charge in [0.25, 0.3) is 5.69 Å². The van der Waals surface area contributed by atoms with Crippen LogP contribution in [0.25, 0.3) is 0 Å². The maximum atomic E-state index is 10.2. The number of halogens is 2. The maximum absolute atomic E-state index is 10.2. The average Bonchev–Trinajstić information content (AvgIpc) is 1.85. The van der Waals surface area contributed by atoms with Crippen molar-refractivity contribution in [2.24, 2.45) is 0 Å². The van der Waals surface area contributed by atoms with Gasteiger partial charge in [0.15, 0.2) is 0 Å². The lowest BCUT2D eigenvalue weighted by molar-refractivity contribution is -0.385. The molecule has 0 spiro atoms. The molecule has 11 heavy (non-hydrogen) atoms. The second-order valence-electron chi connectivity index (χ2n) is 1.73. The van der Waals surface area contributed by atoms with E-state index in [1.807, 2.05) is 0 Å². The van der Waals surface area contributed by atoms with E-state index in [2.05, 4.69) is 20.9 Å². The molecule has 0 atom stereocenters. The first-order chi connectivity index (χ1) is 5.09. The minimum atomic E-state index is -0.529. The summed E-state index contributed by atoms with van der Waals surface area (Å²) in [5.41, 5.74) is -0.0723. The summed E-state index contributed by atoms with van der Waals surface area (Å²) in [4.78, 5) is 13.4. The Kier molecular flexibility index (Phi) is 2.41. The van der Waals surface area contributed by atoms with Crippen LogP contribution in [0.2, 0.25) is 5.15 Å². The fourth-order valence-corrected chi connectivity index (χ4v) is 1.29. The summed E-state index contributed by atoms with van der Waals surface area (Å²) in [6.07, 6.45) is 0. The molecule has 58 valence electrons. The standard InChI is InChI=1S/C5H2BrClN2O2/c6-4-1-3(9(10)11)2-5(7)8-4/h1-2H. The first-order valence-corrected chi connectivity index (χ1v) is 3.74. The molecule has 0 N–H and O–H groups in total. The highest BCUT2D eigenvalue weighted by Crippen LogP contribution is 2.20. The van der Waals surface area contributed by atoms with Gasteiger partial charge in [-0.3, -0.25) is 10.1 Å². The van der Waals surface area contributed by atoms with Crippen molar-refractivity contribution in [2.45, 2.75) is 0 Å². The quantitative estimate of drug-likeness (QED) is 0.428. The van der Waals surface area contributed by atoms with Gasteiger partial charge in [0.1, 0.15) is 9.76 Å². The molecule has 1 aromatic rings. The van der Waals surface area contributed by atoms with Gasteiger partial charge in [0.05, 0.1) is 11.0 Å². The zero-order valence-corrected chi connectivity index (χ0v) is 7.46. The molecule has 1 aromatic heterocycles. The largest absolute Gasteiger partial charge is 0.275 e. The van der Waals surface area contributed by atoms with E-state index in [1.54, 1.807) is 0 Å². The van der Waals surface area contributed by atoms with Crippen LogP contribution in [0.4, 0.5) is 5.69 Å². The van der Waals surface area contributed by atoms with Gasteiger partial charge in [0.2, 0.25) is 0 Å². The van der Waals surface area contributed by atoms with E-state index in [1.165, 1.54) is 12.1 Å². The van der Waals surface area contributed by atoms with Crippen LogP contribution in [0.15, 0.2) is 16.7 Å². The molecule has 0 aliphatic carbocycles. The van der Waals surface area contributed by atoms with Crippen molar-refractivity contribution in [1.82, 2.24) is 4.98 Å². The monoisotopic (exact) mass is 236 g/mol. The van der Waals surface area contributed by atoms with Crippen LogP contribution in [0.3, 0.4) is 0 Å². The van der Waals surface area contributed by atoms with Crippen LogP contribution in [-0.4, -0.2) is 9.91 Å². The van der Waals surface area contributed by atoms with Crippen molar-refractivity contribution in [2.75, 3.05) is 0 Å². The second-order valence-corrected chi connectivity index (χ2v) is 2.93. The second kappa shape index (κ2) is 3.15. The smallest absolute Gasteiger partial charge is 0.258 e. The van der Waals surface area contributed by atoms with E-state index in [0.29, 0.717) is 4.60 Å². The van der Waals surface area contributed by atoms with Crippen LogP contribution in [0, 0.1) is 10.1 Å². The molecule has 0 unspecified atom stereocenters. The summed E-state index contributed by atoms with van der Waals surface area (Å²) in [6, 6.07) is 2.47. The number of hydrogen-bond acceptors (Lipinski definition) is 3. The molecule has 0 aliphatic heterocycles. The number of nitrogens with zero attached hydrogens (tertiary/aromatic N) is 2. The normalized spacial score (nSPS) is 9.64. The zero-order valence-electron chi connectivity index (χ0n) is 5.12. The average molecular weight is 237 g/mol. The van der Waals surface area contributed by atoms with Crippen molar-refractivity contribution < 1.29 is 4.92 Å². The van der Waals surface area contributed by atoms with Gasteiger partial charge in [-0.25, -0.2) is 4.98 Å². The van der Waals surface area contributed by atoms with Crippen LogP contribution < -0.4 is 0 Å². The topological polar surface area (TPSA) is 56.0 Å². The van der Waals surface area contributed by atoms with Crippen molar-refractivity contribution in [3.63, 3.8) is 0 Å². The summed E-state index contributed by atoms with van der Waals surface area (Å²) in [5.74, 6) is 0. The Bertz CT molecular complexity index is 284. The fraction of sp³-hybridized carbons (Fsp3) is 0.